The summed E-state index contributed by atoms with van der Waals surface area (Å²) >= 11 is 0. The van der Waals surface area contributed by atoms with Crippen molar-refractivity contribution in [1.82, 2.24) is 0 Å². The molecule has 4 N–H and O–H groups in total. The first-order valence-electron chi connectivity index (χ1n) is 6.03. The molecule has 4 nitrogen and oxygen atoms in total. The highest BCUT2D eigenvalue weighted by molar-refractivity contribution is 7.60. The molecule has 0 radical (unpaired) electrons. The van der Waals surface area contributed by atoms with Crippen LogP contribution in [0, 0.1) is 5.41 Å². The minimum absolute atomic E-state index is 0.0575. The Hall–Kier alpha value is -0.670. The van der Waals surface area contributed by atoms with Gasteiger partial charge >= 0.3 is 7.60 Å². The summed E-state index contributed by atoms with van der Waals surface area (Å²) in [6, 6.07) is 6.65. The Morgan fingerprint density at radius 3 is 2.17 bits per heavy atom. The molecular formula is C13H22NO3P. The van der Waals surface area contributed by atoms with Crippen molar-refractivity contribution < 1.29 is 14.4 Å². The minimum atomic E-state index is -4.13. The fourth-order valence-corrected chi connectivity index (χ4v) is 2.09. The van der Waals surface area contributed by atoms with Crippen LogP contribution < -0.4 is 11.0 Å². The van der Waals surface area contributed by atoms with Crippen molar-refractivity contribution in [3.05, 3.63) is 29.8 Å². The van der Waals surface area contributed by atoms with E-state index in [1.807, 2.05) is 6.92 Å². The van der Waals surface area contributed by atoms with Crippen molar-refractivity contribution in [3.8, 4) is 0 Å². The molecule has 1 aromatic carbocycles. The molecule has 0 aliphatic rings. The fraction of sp³-hybridized carbons (Fsp3) is 0.538. The van der Waals surface area contributed by atoms with Crippen molar-refractivity contribution in [1.29, 1.82) is 0 Å². The summed E-state index contributed by atoms with van der Waals surface area (Å²) in [7, 11) is -4.13. The van der Waals surface area contributed by atoms with Gasteiger partial charge in [-0.2, -0.15) is 0 Å². The van der Waals surface area contributed by atoms with Gasteiger partial charge in [0, 0.05) is 6.04 Å². The van der Waals surface area contributed by atoms with E-state index in [4.69, 9.17) is 15.5 Å². The summed E-state index contributed by atoms with van der Waals surface area (Å²) in [4.78, 5) is 18.0. The van der Waals surface area contributed by atoms with Crippen LogP contribution in [-0.4, -0.2) is 15.8 Å². The topological polar surface area (TPSA) is 83.6 Å². The van der Waals surface area contributed by atoms with Gasteiger partial charge in [0.05, 0.1) is 5.30 Å². The van der Waals surface area contributed by atoms with Crippen molar-refractivity contribution in [3.63, 3.8) is 0 Å². The average molecular weight is 271 g/mol. The number of hydrogen-bond donors (Lipinski definition) is 3. The van der Waals surface area contributed by atoms with Crippen molar-refractivity contribution >= 4 is 12.9 Å². The second-order valence-electron chi connectivity index (χ2n) is 5.49. The van der Waals surface area contributed by atoms with Crippen LogP contribution in [0.4, 0.5) is 0 Å². The van der Waals surface area contributed by atoms with Crippen molar-refractivity contribution in [2.75, 3.05) is 0 Å². The highest BCUT2D eigenvalue weighted by atomic mass is 31.2. The smallest absolute Gasteiger partial charge is 0.327 e. The van der Waals surface area contributed by atoms with Gasteiger partial charge in [-0.3, -0.25) is 4.57 Å². The molecule has 0 aliphatic heterocycles. The van der Waals surface area contributed by atoms with E-state index < -0.39 is 7.60 Å². The third kappa shape index (κ3) is 4.21. The number of rotatable bonds is 5. The van der Waals surface area contributed by atoms with Crippen LogP contribution in [0.1, 0.15) is 32.8 Å². The largest absolute Gasteiger partial charge is 0.356 e. The van der Waals surface area contributed by atoms with E-state index in [9.17, 15) is 4.57 Å². The van der Waals surface area contributed by atoms with Gasteiger partial charge in [0.1, 0.15) is 0 Å². The highest BCUT2D eigenvalue weighted by Gasteiger charge is 2.22. The lowest BCUT2D eigenvalue weighted by molar-refractivity contribution is 0.277. The third-order valence-electron chi connectivity index (χ3n) is 3.56. The number of aryl methyl sites for hydroxylation is 1. The summed E-state index contributed by atoms with van der Waals surface area (Å²) in [5.41, 5.74) is 7.04. The van der Waals surface area contributed by atoms with Crippen molar-refractivity contribution in [2.24, 2.45) is 11.1 Å². The van der Waals surface area contributed by atoms with E-state index in [-0.39, 0.29) is 16.8 Å². The second kappa shape index (κ2) is 5.54. The van der Waals surface area contributed by atoms with Crippen LogP contribution in [0.25, 0.3) is 0 Å². The first-order valence-corrected chi connectivity index (χ1v) is 7.65. The molecule has 1 rings (SSSR count). The molecule has 5 heteroatoms. The summed E-state index contributed by atoms with van der Waals surface area (Å²) in [5, 5.41) is 0.0673. The number of nitrogens with two attached hydrogens (primary N) is 1. The summed E-state index contributed by atoms with van der Waals surface area (Å²) in [5.74, 6) is 0. The molecule has 0 saturated heterocycles. The van der Waals surface area contributed by atoms with E-state index in [2.05, 4.69) is 13.8 Å². The predicted molar refractivity (Wildman–Crippen MR) is 73.9 cm³/mol. The SMILES string of the molecule is C[C@H](N)C(C)(C)CCc1ccc(P(=O)(O)O)cc1. The van der Waals surface area contributed by atoms with Crippen LogP contribution >= 0.6 is 7.60 Å². The lowest BCUT2D eigenvalue weighted by Crippen LogP contribution is -2.34. The molecule has 0 amide bonds. The van der Waals surface area contributed by atoms with E-state index in [0.717, 1.165) is 18.4 Å². The molecule has 0 aliphatic carbocycles. The summed E-state index contributed by atoms with van der Waals surface area (Å²) < 4.78 is 11.0. The maximum atomic E-state index is 11.0. The summed E-state index contributed by atoms with van der Waals surface area (Å²) in [6.07, 6.45) is 1.80. The number of benzene rings is 1. The van der Waals surface area contributed by atoms with E-state index in [0.29, 0.717) is 0 Å². The standard InChI is InChI=1S/C13H22NO3P/c1-10(14)13(2,3)9-8-11-4-6-12(7-5-11)18(15,16)17/h4-7,10H,8-9,14H2,1-3H3,(H2,15,16,17)/t10-/m0/s1. The molecule has 0 fully saturated rings. The first kappa shape index (κ1) is 15.4. The monoisotopic (exact) mass is 271 g/mol. The summed E-state index contributed by atoms with van der Waals surface area (Å²) in [6.45, 7) is 6.25. The zero-order valence-corrected chi connectivity index (χ0v) is 12.0. The molecule has 0 spiro atoms. The maximum absolute atomic E-state index is 11.0. The molecule has 0 unspecified atom stereocenters. The van der Waals surface area contributed by atoms with Gasteiger partial charge in [0.2, 0.25) is 0 Å². The molecule has 0 bridgehead atoms. The Labute approximate surface area is 108 Å². The predicted octanol–water partition coefficient (Wildman–Crippen LogP) is 1.80. The van der Waals surface area contributed by atoms with Gasteiger partial charge in [-0.05, 0) is 42.9 Å². The molecular weight excluding hydrogens is 249 g/mol. The maximum Gasteiger partial charge on any atom is 0.356 e. The lowest BCUT2D eigenvalue weighted by atomic mass is 9.80. The first-order chi connectivity index (χ1) is 8.13. The fourth-order valence-electron chi connectivity index (χ4n) is 1.55. The zero-order chi connectivity index (χ0) is 14.0. The molecule has 18 heavy (non-hydrogen) atoms. The van der Waals surface area contributed by atoms with Crippen LogP contribution in [0.5, 0.6) is 0 Å². The minimum Gasteiger partial charge on any atom is -0.327 e. The van der Waals surface area contributed by atoms with Gasteiger partial charge in [-0.1, -0.05) is 26.0 Å². The molecule has 102 valence electrons. The molecule has 0 aromatic heterocycles. The Kier molecular flexibility index (Phi) is 4.73. The van der Waals surface area contributed by atoms with Crippen LogP contribution in [0.2, 0.25) is 0 Å². The Bertz CT molecular complexity index is 434. The normalized spacial score (nSPS) is 14.6. The lowest BCUT2D eigenvalue weighted by Gasteiger charge is -2.29. The van der Waals surface area contributed by atoms with Gasteiger partial charge < -0.3 is 15.5 Å². The third-order valence-corrected chi connectivity index (χ3v) is 4.53. The quantitative estimate of drug-likeness (QED) is 0.713. The Balaban J connectivity index is 2.68. The van der Waals surface area contributed by atoms with Crippen molar-refractivity contribution in [2.45, 2.75) is 39.7 Å². The number of hydrogen-bond acceptors (Lipinski definition) is 2. The van der Waals surface area contributed by atoms with Gasteiger partial charge in [0.25, 0.3) is 0 Å². The van der Waals surface area contributed by atoms with E-state index >= 15 is 0 Å². The highest BCUT2D eigenvalue weighted by Crippen LogP contribution is 2.33. The van der Waals surface area contributed by atoms with Crippen LogP contribution in [-0.2, 0) is 11.0 Å². The van der Waals surface area contributed by atoms with Gasteiger partial charge in [-0.25, -0.2) is 0 Å². The Morgan fingerprint density at radius 1 is 1.28 bits per heavy atom. The zero-order valence-electron chi connectivity index (χ0n) is 11.1. The van der Waals surface area contributed by atoms with Crippen LogP contribution in [0.3, 0.4) is 0 Å². The van der Waals surface area contributed by atoms with Crippen LogP contribution in [0.15, 0.2) is 24.3 Å². The van der Waals surface area contributed by atoms with Gasteiger partial charge in [-0.15, -0.1) is 0 Å². The molecule has 1 atom stereocenters. The molecule has 0 saturated carbocycles. The second-order valence-corrected chi connectivity index (χ2v) is 7.09. The van der Waals surface area contributed by atoms with Gasteiger partial charge in [0.15, 0.2) is 0 Å². The Morgan fingerprint density at radius 2 is 1.78 bits per heavy atom. The molecule has 0 heterocycles. The van der Waals surface area contributed by atoms with E-state index in [1.165, 1.54) is 12.1 Å². The average Bonchev–Trinajstić information content (AvgIpc) is 2.25. The van der Waals surface area contributed by atoms with E-state index in [1.54, 1.807) is 12.1 Å². The molecule has 1 aromatic rings.